The monoisotopic (exact) mass is 311 g/mol. The van der Waals surface area contributed by atoms with E-state index in [2.05, 4.69) is 31.2 Å². The third kappa shape index (κ3) is 3.46. The number of nitrogens with zero attached hydrogens (tertiary/aromatic N) is 2. The van der Waals surface area contributed by atoms with Gasteiger partial charge in [-0.25, -0.2) is 4.68 Å². The zero-order valence-corrected chi connectivity index (χ0v) is 14.2. The summed E-state index contributed by atoms with van der Waals surface area (Å²) in [5, 5.41) is 7.40. The zero-order chi connectivity index (χ0) is 16.4. The molecule has 23 heavy (non-hydrogen) atoms. The Hall–Kier alpha value is -2.10. The van der Waals surface area contributed by atoms with E-state index < -0.39 is 0 Å². The number of carbonyl (C=O) groups excluding carboxylic acids is 1. The first-order chi connectivity index (χ1) is 10.9. The van der Waals surface area contributed by atoms with Crippen molar-refractivity contribution in [2.45, 2.75) is 57.9 Å². The summed E-state index contributed by atoms with van der Waals surface area (Å²) in [4.78, 5) is 12.5. The highest BCUT2D eigenvalue weighted by Gasteiger charge is 2.21. The summed E-state index contributed by atoms with van der Waals surface area (Å²) in [5.74, 6) is 0.715. The van der Waals surface area contributed by atoms with Gasteiger partial charge in [0.1, 0.15) is 5.82 Å². The molecule has 1 aliphatic carbocycles. The first-order valence-corrected chi connectivity index (χ1v) is 8.40. The Balaban J connectivity index is 1.73. The van der Waals surface area contributed by atoms with Crippen LogP contribution < -0.4 is 5.32 Å². The molecule has 0 bridgehead atoms. The van der Waals surface area contributed by atoms with Crippen molar-refractivity contribution < 1.29 is 4.79 Å². The highest BCUT2D eigenvalue weighted by Crippen LogP contribution is 2.31. The molecule has 1 aromatic carbocycles. The average Bonchev–Trinajstić information content (AvgIpc) is 3.17. The van der Waals surface area contributed by atoms with Gasteiger partial charge in [0.05, 0.1) is 12.2 Å². The number of rotatable bonds is 3. The summed E-state index contributed by atoms with van der Waals surface area (Å²) < 4.78 is 1.97. The van der Waals surface area contributed by atoms with Crippen molar-refractivity contribution in [1.82, 2.24) is 9.78 Å². The smallest absolute Gasteiger partial charge is 0.256 e. The van der Waals surface area contributed by atoms with Gasteiger partial charge in [-0.15, -0.1) is 0 Å². The van der Waals surface area contributed by atoms with Crippen LogP contribution in [-0.2, 0) is 5.41 Å². The van der Waals surface area contributed by atoms with Crippen LogP contribution in [0, 0.1) is 0 Å². The molecule has 0 unspecified atom stereocenters. The van der Waals surface area contributed by atoms with Crippen molar-refractivity contribution in [1.29, 1.82) is 0 Å². The predicted molar refractivity (Wildman–Crippen MR) is 92.8 cm³/mol. The SMILES string of the molecule is CC(C)(C)c1ccc(C(=O)Nc2ccnn2C2CCCC2)cc1. The highest BCUT2D eigenvalue weighted by molar-refractivity contribution is 6.03. The lowest BCUT2D eigenvalue weighted by Gasteiger charge is -2.19. The second kappa shape index (κ2) is 6.19. The maximum atomic E-state index is 12.5. The van der Waals surface area contributed by atoms with Gasteiger partial charge in [-0.1, -0.05) is 45.7 Å². The van der Waals surface area contributed by atoms with Crippen molar-refractivity contribution in [3.8, 4) is 0 Å². The molecule has 1 saturated carbocycles. The van der Waals surface area contributed by atoms with Gasteiger partial charge in [-0.05, 0) is 36.0 Å². The van der Waals surface area contributed by atoms with Crippen LogP contribution in [0.4, 0.5) is 5.82 Å². The minimum absolute atomic E-state index is 0.0785. The van der Waals surface area contributed by atoms with Gasteiger partial charge in [-0.3, -0.25) is 4.79 Å². The van der Waals surface area contributed by atoms with E-state index in [1.807, 2.05) is 35.0 Å². The summed E-state index contributed by atoms with van der Waals surface area (Å²) in [6.07, 6.45) is 6.53. The van der Waals surface area contributed by atoms with E-state index >= 15 is 0 Å². The Labute approximate surface area is 137 Å². The lowest BCUT2D eigenvalue weighted by Crippen LogP contribution is -2.18. The number of carbonyl (C=O) groups is 1. The van der Waals surface area contributed by atoms with Crippen molar-refractivity contribution in [3.05, 3.63) is 47.7 Å². The molecule has 4 nitrogen and oxygen atoms in total. The van der Waals surface area contributed by atoms with Gasteiger partial charge in [0.25, 0.3) is 5.91 Å². The maximum absolute atomic E-state index is 12.5. The molecule has 3 rings (SSSR count). The molecule has 1 aromatic heterocycles. The summed E-state index contributed by atoms with van der Waals surface area (Å²) >= 11 is 0. The third-order valence-electron chi connectivity index (χ3n) is 4.60. The first kappa shape index (κ1) is 15.8. The van der Waals surface area contributed by atoms with Crippen LogP contribution in [0.1, 0.15) is 68.4 Å². The maximum Gasteiger partial charge on any atom is 0.256 e. The molecule has 0 atom stereocenters. The molecule has 1 fully saturated rings. The molecule has 1 heterocycles. The molecular formula is C19H25N3O. The van der Waals surface area contributed by atoms with Crippen molar-refractivity contribution in [2.24, 2.45) is 0 Å². The highest BCUT2D eigenvalue weighted by atomic mass is 16.1. The van der Waals surface area contributed by atoms with Crippen molar-refractivity contribution in [3.63, 3.8) is 0 Å². The molecule has 4 heteroatoms. The Bertz CT molecular complexity index is 673. The van der Waals surface area contributed by atoms with E-state index in [1.54, 1.807) is 6.20 Å². The number of hydrogen-bond acceptors (Lipinski definition) is 2. The Morgan fingerprint density at radius 1 is 1.13 bits per heavy atom. The predicted octanol–water partition coefficient (Wildman–Crippen LogP) is 4.55. The van der Waals surface area contributed by atoms with Crippen LogP contribution >= 0.6 is 0 Å². The second-order valence-electron chi connectivity index (χ2n) is 7.38. The van der Waals surface area contributed by atoms with Crippen molar-refractivity contribution in [2.75, 3.05) is 5.32 Å². The van der Waals surface area contributed by atoms with Gasteiger partial charge in [0, 0.05) is 11.6 Å². The first-order valence-electron chi connectivity index (χ1n) is 8.40. The summed E-state index contributed by atoms with van der Waals surface area (Å²) in [6, 6.07) is 10.1. The van der Waals surface area contributed by atoms with E-state index in [0.717, 1.165) is 18.7 Å². The van der Waals surface area contributed by atoms with Crippen LogP contribution in [0.3, 0.4) is 0 Å². The number of nitrogens with one attached hydrogen (secondary N) is 1. The fraction of sp³-hybridized carbons (Fsp3) is 0.474. The minimum atomic E-state index is -0.0785. The Morgan fingerprint density at radius 3 is 2.39 bits per heavy atom. The molecule has 1 N–H and O–H groups in total. The summed E-state index contributed by atoms with van der Waals surface area (Å²) in [5.41, 5.74) is 2.00. The van der Waals surface area contributed by atoms with Crippen LogP contribution in [0.5, 0.6) is 0 Å². The van der Waals surface area contributed by atoms with Crippen LogP contribution in [0.25, 0.3) is 0 Å². The minimum Gasteiger partial charge on any atom is -0.307 e. The Kier molecular flexibility index (Phi) is 4.24. The number of anilines is 1. The number of hydrogen-bond donors (Lipinski definition) is 1. The lowest BCUT2D eigenvalue weighted by molar-refractivity contribution is 0.102. The molecule has 0 aliphatic heterocycles. The van der Waals surface area contributed by atoms with E-state index in [9.17, 15) is 4.79 Å². The number of amides is 1. The summed E-state index contributed by atoms with van der Waals surface area (Å²) in [6.45, 7) is 6.51. The van der Waals surface area contributed by atoms with Crippen LogP contribution in [0.15, 0.2) is 36.5 Å². The van der Waals surface area contributed by atoms with Crippen LogP contribution in [-0.4, -0.2) is 15.7 Å². The molecular weight excluding hydrogens is 286 g/mol. The van der Waals surface area contributed by atoms with Gasteiger partial charge in [-0.2, -0.15) is 5.10 Å². The molecule has 2 aromatic rings. The van der Waals surface area contributed by atoms with E-state index in [1.165, 1.54) is 18.4 Å². The van der Waals surface area contributed by atoms with Gasteiger partial charge in [0.2, 0.25) is 0 Å². The number of aromatic nitrogens is 2. The van der Waals surface area contributed by atoms with Gasteiger partial charge < -0.3 is 5.32 Å². The molecule has 1 aliphatic rings. The fourth-order valence-electron chi connectivity index (χ4n) is 3.16. The lowest BCUT2D eigenvalue weighted by atomic mass is 9.87. The normalized spacial score (nSPS) is 15.8. The quantitative estimate of drug-likeness (QED) is 0.904. The van der Waals surface area contributed by atoms with Crippen LogP contribution in [0.2, 0.25) is 0 Å². The molecule has 122 valence electrons. The average molecular weight is 311 g/mol. The second-order valence-corrected chi connectivity index (χ2v) is 7.38. The Morgan fingerprint density at radius 2 is 1.78 bits per heavy atom. The zero-order valence-electron chi connectivity index (χ0n) is 14.2. The molecule has 1 amide bonds. The summed E-state index contributed by atoms with van der Waals surface area (Å²) in [7, 11) is 0. The molecule has 0 saturated heterocycles. The van der Waals surface area contributed by atoms with Gasteiger partial charge >= 0.3 is 0 Å². The van der Waals surface area contributed by atoms with E-state index in [4.69, 9.17) is 0 Å². The standard InChI is InChI=1S/C19H25N3O/c1-19(2,3)15-10-8-14(9-11-15)18(23)21-17-12-13-20-22(17)16-6-4-5-7-16/h8-13,16H,4-7H2,1-3H3,(H,21,23). The molecule has 0 radical (unpaired) electrons. The van der Waals surface area contributed by atoms with Gasteiger partial charge in [0.15, 0.2) is 0 Å². The topological polar surface area (TPSA) is 46.9 Å². The van der Waals surface area contributed by atoms with E-state index in [-0.39, 0.29) is 11.3 Å². The molecule has 0 spiro atoms. The third-order valence-corrected chi connectivity index (χ3v) is 4.60. The van der Waals surface area contributed by atoms with Crippen molar-refractivity contribution >= 4 is 11.7 Å². The fourth-order valence-corrected chi connectivity index (χ4v) is 3.16. The largest absolute Gasteiger partial charge is 0.307 e. The van der Waals surface area contributed by atoms with E-state index in [0.29, 0.717) is 11.6 Å². The number of benzene rings is 1.